The van der Waals surface area contributed by atoms with Crippen LogP contribution in [0, 0.1) is 5.92 Å². The molecule has 2 fully saturated rings. The maximum atomic E-state index is 12.3. The van der Waals surface area contributed by atoms with Gasteiger partial charge in [-0.3, -0.25) is 15.2 Å². The van der Waals surface area contributed by atoms with E-state index in [1.165, 1.54) is 19.3 Å². The van der Waals surface area contributed by atoms with Crippen molar-refractivity contribution < 1.29 is 4.79 Å². The molecule has 1 aliphatic heterocycles. The topological polar surface area (TPSA) is 66.0 Å². The molecule has 1 amide bonds. The number of amides is 1. The monoisotopic (exact) mass is 274 g/mol. The first-order chi connectivity index (χ1) is 9.84. The van der Waals surface area contributed by atoms with Crippen LogP contribution in [0.4, 0.5) is 0 Å². The summed E-state index contributed by atoms with van der Waals surface area (Å²) in [6, 6.07) is 6.25. The number of fused-ring (bicyclic) bond motifs is 1. The van der Waals surface area contributed by atoms with Crippen molar-refractivity contribution in [2.45, 2.75) is 44.2 Å². The third-order valence-corrected chi connectivity index (χ3v) is 4.36. The van der Waals surface area contributed by atoms with Crippen LogP contribution in [0.2, 0.25) is 0 Å². The second-order valence-electron chi connectivity index (χ2n) is 5.68. The summed E-state index contributed by atoms with van der Waals surface area (Å²) in [5, 5.41) is 3.02. The van der Waals surface area contributed by atoms with Crippen LogP contribution in [-0.2, 0) is 11.2 Å². The highest BCUT2D eigenvalue weighted by Gasteiger charge is 2.40. The molecule has 2 heterocycles. The Labute approximate surface area is 119 Å². The van der Waals surface area contributed by atoms with E-state index in [9.17, 15) is 4.79 Å². The van der Waals surface area contributed by atoms with Crippen LogP contribution in [0.15, 0.2) is 24.4 Å². The number of hydrogen-bond acceptors (Lipinski definition) is 4. The van der Waals surface area contributed by atoms with E-state index < -0.39 is 0 Å². The molecule has 108 valence electrons. The molecule has 1 saturated heterocycles. The molecule has 0 spiro atoms. The molecule has 1 aromatic heterocycles. The van der Waals surface area contributed by atoms with Crippen LogP contribution in [0.25, 0.3) is 0 Å². The first-order valence-corrected chi connectivity index (χ1v) is 7.53. The molecule has 0 bridgehead atoms. The standard InChI is InChI=1S/C15H22N4O/c20-15(17-10-8-11-5-3-4-9-16-11)14-12-6-1-2-7-13(12)18-19-14/h3-5,9,12-14,18-19H,1-2,6-8,10H2,(H,17,20). The number of pyridine rings is 1. The molecule has 20 heavy (non-hydrogen) atoms. The maximum Gasteiger partial charge on any atom is 0.238 e. The minimum atomic E-state index is -0.0796. The first kappa shape index (κ1) is 13.5. The van der Waals surface area contributed by atoms with Crippen molar-refractivity contribution in [3.63, 3.8) is 0 Å². The molecule has 2 aliphatic rings. The summed E-state index contributed by atoms with van der Waals surface area (Å²) in [4.78, 5) is 16.5. The van der Waals surface area contributed by atoms with E-state index in [1.54, 1.807) is 6.20 Å². The highest BCUT2D eigenvalue weighted by Crippen LogP contribution is 2.29. The molecule has 1 aromatic rings. The quantitative estimate of drug-likeness (QED) is 0.759. The average molecular weight is 274 g/mol. The molecule has 0 aromatic carbocycles. The molecular formula is C15H22N4O. The molecule has 3 atom stereocenters. The SMILES string of the molecule is O=C(NCCc1ccccn1)C1NNC2CCCCC21. The van der Waals surface area contributed by atoms with Gasteiger partial charge in [-0.2, -0.15) is 0 Å². The molecule has 3 unspecified atom stereocenters. The van der Waals surface area contributed by atoms with Gasteiger partial charge in [-0.05, 0) is 25.0 Å². The van der Waals surface area contributed by atoms with Gasteiger partial charge < -0.3 is 5.32 Å². The van der Waals surface area contributed by atoms with Crippen LogP contribution in [0.1, 0.15) is 31.4 Å². The van der Waals surface area contributed by atoms with Gasteiger partial charge >= 0.3 is 0 Å². The van der Waals surface area contributed by atoms with Crippen LogP contribution in [0.3, 0.4) is 0 Å². The predicted molar refractivity (Wildman–Crippen MR) is 76.8 cm³/mol. The van der Waals surface area contributed by atoms with Gasteiger partial charge in [0.05, 0.1) is 0 Å². The Morgan fingerprint density at radius 2 is 2.20 bits per heavy atom. The van der Waals surface area contributed by atoms with Crippen molar-refractivity contribution in [3.05, 3.63) is 30.1 Å². The summed E-state index contributed by atoms with van der Waals surface area (Å²) in [5.74, 6) is 0.557. The highest BCUT2D eigenvalue weighted by molar-refractivity contribution is 5.82. The Balaban J connectivity index is 1.47. The van der Waals surface area contributed by atoms with Crippen molar-refractivity contribution in [2.24, 2.45) is 5.92 Å². The number of hydrogen-bond donors (Lipinski definition) is 3. The summed E-state index contributed by atoms with van der Waals surface area (Å²) in [6.45, 7) is 0.644. The van der Waals surface area contributed by atoms with Crippen LogP contribution in [-0.4, -0.2) is 29.5 Å². The number of rotatable bonds is 4. The highest BCUT2D eigenvalue weighted by atomic mass is 16.2. The van der Waals surface area contributed by atoms with Gasteiger partial charge in [0.25, 0.3) is 0 Å². The zero-order valence-electron chi connectivity index (χ0n) is 11.6. The van der Waals surface area contributed by atoms with E-state index in [4.69, 9.17) is 0 Å². The second kappa shape index (κ2) is 6.33. The van der Waals surface area contributed by atoms with E-state index in [2.05, 4.69) is 21.2 Å². The summed E-state index contributed by atoms with van der Waals surface area (Å²) < 4.78 is 0. The van der Waals surface area contributed by atoms with E-state index in [1.807, 2.05) is 18.2 Å². The zero-order valence-corrected chi connectivity index (χ0v) is 11.6. The van der Waals surface area contributed by atoms with Gasteiger partial charge in [0, 0.05) is 36.8 Å². The largest absolute Gasteiger partial charge is 0.354 e. The fourth-order valence-corrected chi connectivity index (χ4v) is 3.27. The average Bonchev–Trinajstić information content (AvgIpc) is 2.92. The zero-order chi connectivity index (χ0) is 13.8. The number of carbonyl (C=O) groups excluding carboxylic acids is 1. The predicted octanol–water partition coefficient (Wildman–Crippen LogP) is 0.775. The second-order valence-corrected chi connectivity index (χ2v) is 5.68. The van der Waals surface area contributed by atoms with E-state index >= 15 is 0 Å². The normalized spacial score (nSPS) is 28.9. The number of nitrogens with one attached hydrogen (secondary N) is 3. The molecule has 5 nitrogen and oxygen atoms in total. The van der Waals surface area contributed by atoms with Gasteiger partial charge in [0.15, 0.2) is 0 Å². The van der Waals surface area contributed by atoms with E-state index in [0.29, 0.717) is 18.5 Å². The number of carbonyl (C=O) groups is 1. The molecule has 3 N–H and O–H groups in total. The minimum absolute atomic E-state index is 0.0796. The fourth-order valence-electron chi connectivity index (χ4n) is 3.27. The fraction of sp³-hybridized carbons (Fsp3) is 0.600. The minimum Gasteiger partial charge on any atom is -0.354 e. The maximum absolute atomic E-state index is 12.3. The van der Waals surface area contributed by atoms with E-state index in [0.717, 1.165) is 18.5 Å². The van der Waals surface area contributed by atoms with Crippen molar-refractivity contribution in [3.8, 4) is 0 Å². The summed E-state index contributed by atoms with van der Waals surface area (Å²) in [6.07, 6.45) is 7.39. The Hall–Kier alpha value is -1.46. The summed E-state index contributed by atoms with van der Waals surface area (Å²) in [5.41, 5.74) is 7.46. The lowest BCUT2D eigenvalue weighted by molar-refractivity contribution is -0.123. The third-order valence-electron chi connectivity index (χ3n) is 4.36. The number of nitrogens with zero attached hydrogens (tertiary/aromatic N) is 1. The Kier molecular flexibility index (Phi) is 4.28. The number of aromatic nitrogens is 1. The lowest BCUT2D eigenvalue weighted by Gasteiger charge is -2.26. The first-order valence-electron chi connectivity index (χ1n) is 7.53. The van der Waals surface area contributed by atoms with Crippen molar-refractivity contribution >= 4 is 5.91 Å². The van der Waals surface area contributed by atoms with Gasteiger partial charge in [-0.25, -0.2) is 5.43 Å². The summed E-state index contributed by atoms with van der Waals surface area (Å²) >= 11 is 0. The van der Waals surface area contributed by atoms with Gasteiger partial charge in [0.2, 0.25) is 5.91 Å². The van der Waals surface area contributed by atoms with Crippen LogP contribution >= 0.6 is 0 Å². The van der Waals surface area contributed by atoms with Crippen molar-refractivity contribution in [2.75, 3.05) is 6.54 Å². The lowest BCUT2D eigenvalue weighted by Crippen LogP contribution is -2.46. The number of hydrazine groups is 1. The van der Waals surface area contributed by atoms with Gasteiger partial charge in [-0.15, -0.1) is 0 Å². The van der Waals surface area contributed by atoms with Crippen LogP contribution < -0.4 is 16.2 Å². The van der Waals surface area contributed by atoms with Gasteiger partial charge in [0.1, 0.15) is 6.04 Å². The third kappa shape index (κ3) is 2.99. The molecule has 3 rings (SSSR count). The molecular weight excluding hydrogens is 252 g/mol. The summed E-state index contributed by atoms with van der Waals surface area (Å²) in [7, 11) is 0. The van der Waals surface area contributed by atoms with Crippen molar-refractivity contribution in [1.29, 1.82) is 0 Å². The van der Waals surface area contributed by atoms with E-state index in [-0.39, 0.29) is 11.9 Å². The smallest absolute Gasteiger partial charge is 0.238 e. The Bertz CT molecular complexity index is 450. The molecule has 0 radical (unpaired) electrons. The Morgan fingerprint density at radius 3 is 3.05 bits per heavy atom. The van der Waals surface area contributed by atoms with Gasteiger partial charge in [-0.1, -0.05) is 18.9 Å². The molecule has 1 aliphatic carbocycles. The van der Waals surface area contributed by atoms with Crippen LogP contribution in [0.5, 0.6) is 0 Å². The van der Waals surface area contributed by atoms with Crippen molar-refractivity contribution in [1.82, 2.24) is 21.2 Å². The Morgan fingerprint density at radius 1 is 1.30 bits per heavy atom. The molecule has 5 heteroatoms. The molecule has 1 saturated carbocycles. The lowest BCUT2D eigenvalue weighted by atomic mass is 9.81.